The second kappa shape index (κ2) is 10.8. The molecule has 208 valence electrons. The maximum atomic E-state index is 15.1. The van der Waals surface area contributed by atoms with Crippen molar-refractivity contribution in [2.75, 3.05) is 10.3 Å². The number of hydrogen-bond donors (Lipinski definition) is 1. The van der Waals surface area contributed by atoms with Crippen molar-refractivity contribution in [2.45, 2.75) is 4.90 Å². The van der Waals surface area contributed by atoms with E-state index >= 15 is 4.39 Å². The average molecular weight is 584 g/mol. The lowest BCUT2D eigenvalue weighted by molar-refractivity contribution is -0.110. The third kappa shape index (κ3) is 5.06. The summed E-state index contributed by atoms with van der Waals surface area (Å²) in [4.78, 5) is 21.2. The Balaban J connectivity index is 1.29. The molecule has 0 saturated heterocycles. The molecule has 2 aromatic heterocycles. The van der Waals surface area contributed by atoms with Crippen LogP contribution < -0.4 is 15.1 Å². The molecule has 0 bridgehead atoms. The number of nitrogens with one attached hydrogen (secondary N) is 1. The van der Waals surface area contributed by atoms with Gasteiger partial charge in [0.05, 0.1) is 16.3 Å². The molecule has 0 saturated carbocycles. The predicted molar refractivity (Wildman–Crippen MR) is 152 cm³/mol. The van der Waals surface area contributed by atoms with E-state index in [1.54, 1.807) is 36.8 Å². The number of pyridine rings is 2. The number of ether oxygens (including phenoxy) is 1. The average Bonchev–Trinajstić information content (AvgIpc) is 2.99. The molecule has 6 rings (SSSR count). The number of nitrogens with zero attached hydrogens (tertiary/aromatic N) is 4. The minimum Gasteiger partial charge on any atom is -0.454 e. The van der Waals surface area contributed by atoms with E-state index in [0.29, 0.717) is 16.9 Å². The molecular weight excluding hydrogens is 564 g/mol. The highest BCUT2D eigenvalue weighted by Gasteiger charge is 2.38. The number of rotatable bonds is 6. The maximum absolute atomic E-state index is 15.1. The number of sulfone groups is 1. The highest BCUT2D eigenvalue weighted by Crippen LogP contribution is 2.37. The Morgan fingerprint density at radius 3 is 2.45 bits per heavy atom. The first-order valence-corrected chi connectivity index (χ1v) is 13.9. The summed E-state index contributed by atoms with van der Waals surface area (Å²) in [5.74, 6) is -2.31. The predicted octanol–water partition coefficient (Wildman–Crippen LogP) is 6.09. The summed E-state index contributed by atoms with van der Waals surface area (Å²) in [6.45, 7) is 0. The van der Waals surface area contributed by atoms with E-state index in [2.05, 4.69) is 20.4 Å². The molecule has 5 aromatic rings. The van der Waals surface area contributed by atoms with Gasteiger partial charge in [-0.2, -0.15) is 0 Å². The Labute approximate surface area is 238 Å². The van der Waals surface area contributed by atoms with Crippen LogP contribution >= 0.6 is 0 Å². The Bertz CT molecular complexity index is 1970. The first-order valence-electron chi connectivity index (χ1n) is 12.4. The standard InChI is InChI=1S/C30H19F2N5O4S/c31-20-6-3-7-22(15-20)37-25-8-1-2-9-28(25)42(39,40)30(36-37)29(38)35-21-10-11-27(24(32)16-21)41-26-12-14-34-18-23(26)19-5-4-13-33-17-19/h1-18H,(H,35,38). The number of amides is 1. The molecule has 1 aliphatic rings. The van der Waals surface area contributed by atoms with Gasteiger partial charge < -0.3 is 10.1 Å². The zero-order valence-corrected chi connectivity index (χ0v) is 22.3. The van der Waals surface area contributed by atoms with Gasteiger partial charge in [-0.25, -0.2) is 22.2 Å². The maximum Gasteiger partial charge on any atom is 0.288 e. The minimum atomic E-state index is -4.37. The Hall–Kier alpha value is -5.49. The molecule has 0 aliphatic carbocycles. The number of halogens is 2. The first kappa shape index (κ1) is 26.7. The lowest BCUT2D eigenvalue weighted by Crippen LogP contribution is -2.36. The van der Waals surface area contributed by atoms with Gasteiger partial charge in [-0.1, -0.05) is 24.3 Å². The van der Waals surface area contributed by atoms with Gasteiger partial charge in [-0.15, -0.1) is 5.10 Å². The smallest absolute Gasteiger partial charge is 0.288 e. The molecule has 42 heavy (non-hydrogen) atoms. The number of benzene rings is 3. The molecule has 1 amide bonds. The molecule has 3 heterocycles. The van der Waals surface area contributed by atoms with E-state index in [1.807, 2.05) is 6.07 Å². The number of fused-ring (bicyclic) bond motifs is 1. The topological polar surface area (TPSA) is 114 Å². The van der Waals surface area contributed by atoms with Crippen molar-refractivity contribution in [1.29, 1.82) is 0 Å². The number of hydrogen-bond acceptors (Lipinski definition) is 8. The van der Waals surface area contributed by atoms with Crippen molar-refractivity contribution < 1.29 is 26.7 Å². The number of anilines is 3. The third-order valence-electron chi connectivity index (χ3n) is 6.24. The van der Waals surface area contributed by atoms with Crippen LogP contribution in [-0.4, -0.2) is 29.3 Å². The summed E-state index contributed by atoms with van der Waals surface area (Å²) in [5, 5.41) is 6.78. The summed E-state index contributed by atoms with van der Waals surface area (Å²) in [7, 11) is -4.37. The summed E-state index contributed by atoms with van der Waals surface area (Å²) in [6.07, 6.45) is 6.30. The normalized spacial score (nSPS) is 13.6. The summed E-state index contributed by atoms with van der Waals surface area (Å²) in [5.41, 5.74) is 1.62. The van der Waals surface area contributed by atoms with Gasteiger partial charge in [0, 0.05) is 47.7 Å². The van der Waals surface area contributed by atoms with E-state index in [9.17, 15) is 17.6 Å². The molecule has 3 aromatic carbocycles. The molecule has 0 radical (unpaired) electrons. The van der Waals surface area contributed by atoms with Gasteiger partial charge in [0.25, 0.3) is 5.91 Å². The zero-order valence-electron chi connectivity index (χ0n) is 21.5. The number of para-hydroxylation sites is 1. The van der Waals surface area contributed by atoms with E-state index in [0.717, 1.165) is 12.1 Å². The minimum absolute atomic E-state index is 0.0406. The van der Waals surface area contributed by atoms with Crippen LogP contribution in [0, 0.1) is 11.6 Å². The van der Waals surface area contributed by atoms with Crippen LogP contribution in [0.1, 0.15) is 0 Å². The molecular formula is C30H19F2N5O4S. The highest BCUT2D eigenvalue weighted by molar-refractivity contribution is 8.08. The fourth-order valence-electron chi connectivity index (χ4n) is 4.31. The van der Waals surface area contributed by atoms with Gasteiger partial charge in [-0.05, 0) is 54.6 Å². The lowest BCUT2D eigenvalue weighted by Gasteiger charge is -2.27. The van der Waals surface area contributed by atoms with Crippen LogP contribution in [0.5, 0.6) is 11.5 Å². The van der Waals surface area contributed by atoms with Gasteiger partial charge in [0.2, 0.25) is 14.9 Å². The van der Waals surface area contributed by atoms with Crippen LogP contribution in [0.15, 0.2) is 120 Å². The Morgan fingerprint density at radius 1 is 0.833 bits per heavy atom. The molecule has 0 spiro atoms. The molecule has 0 unspecified atom stereocenters. The van der Waals surface area contributed by atoms with Crippen LogP contribution in [0.3, 0.4) is 0 Å². The summed E-state index contributed by atoms with van der Waals surface area (Å²) < 4.78 is 61.6. The van der Waals surface area contributed by atoms with Crippen LogP contribution in [0.25, 0.3) is 11.1 Å². The summed E-state index contributed by atoms with van der Waals surface area (Å²) >= 11 is 0. The van der Waals surface area contributed by atoms with Gasteiger partial charge in [0.1, 0.15) is 11.6 Å². The van der Waals surface area contributed by atoms with Crippen LogP contribution in [0.4, 0.5) is 25.8 Å². The van der Waals surface area contributed by atoms with E-state index < -0.39 is 32.4 Å². The van der Waals surface area contributed by atoms with Gasteiger partial charge >= 0.3 is 0 Å². The van der Waals surface area contributed by atoms with Gasteiger partial charge in [0.15, 0.2) is 11.6 Å². The fourth-order valence-corrected chi connectivity index (χ4v) is 5.69. The molecule has 0 fully saturated rings. The van der Waals surface area contributed by atoms with Crippen LogP contribution in [-0.2, 0) is 14.6 Å². The van der Waals surface area contributed by atoms with Crippen molar-refractivity contribution in [3.05, 3.63) is 121 Å². The fraction of sp³-hybridized carbons (Fsp3) is 0. The second-order valence-electron chi connectivity index (χ2n) is 8.98. The molecule has 1 N–H and O–H groups in total. The SMILES string of the molecule is O=C(Nc1ccc(Oc2ccncc2-c2cccnc2)c(F)c1)C1=NN(c2cccc(F)c2)c2ccccc2S1(=O)=O. The zero-order chi connectivity index (χ0) is 29.3. The van der Waals surface area contributed by atoms with Crippen molar-refractivity contribution in [3.63, 3.8) is 0 Å². The van der Waals surface area contributed by atoms with Gasteiger partial charge in [-0.3, -0.25) is 14.8 Å². The highest BCUT2D eigenvalue weighted by atomic mass is 32.2. The molecule has 0 atom stereocenters. The molecule has 1 aliphatic heterocycles. The Morgan fingerprint density at radius 2 is 1.67 bits per heavy atom. The quantitative estimate of drug-likeness (QED) is 0.257. The molecule has 12 heteroatoms. The van der Waals surface area contributed by atoms with E-state index in [-0.39, 0.29) is 27.7 Å². The van der Waals surface area contributed by atoms with Crippen molar-refractivity contribution in [3.8, 4) is 22.6 Å². The monoisotopic (exact) mass is 583 g/mol. The van der Waals surface area contributed by atoms with Crippen molar-refractivity contribution in [1.82, 2.24) is 9.97 Å². The number of carbonyl (C=O) groups is 1. The van der Waals surface area contributed by atoms with Crippen molar-refractivity contribution in [2.24, 2.45) is 5.10 Å². The third-order valence-corrected chi connectivity index (χ3v) is 7.94. The van der Waals surface area contributed by atoms with Crippen LogP contribution in [0.2, 0.25) is 0 Å². The van der Waals surface area contributed by atoms with Crippen molar-refractivity contribution >= 4 is 37.9 Å². The number of aromatic nitrogens is 2. The molecule has 9 nitrogen and oxygen atoms in total. The largest absolute Gasteiger partial charge is 0.454 e. The second-order valence-corrected chi connectivity index (χ2v) is 10.8. The lowest BCUT2D eigenvalue weighted by atomic mass is 10.1. The summed E-state index contributed by atoms with van der Waals surface area (Å²) in [6, 6.07) is 20.0. The van der Waals surface area contributed by atoms with E-state index in [4.69, 9.17) is 4.74 Å². The number of hydrazone groups is 1. The van der Waals surface area contributed by atoms with E-state index in [1.165, 1.54) is 59.7 Å². The Kier molecular flexibility index (Phi) is 6.88. The first-order chi connectivity index (χ1) is 20.3. The number of carbonyl (C=O) groups excluding carboxylic acids is 1.